The minimum atomic E-state index is -3.26. The number of piperazine rings is 1. The van der Waals surface area contributed by atoms with E-state index in [1.54, 1.807) is 4.90 Å². The highest BCUT2D eigenvalue weighted by atomic mass is 32.2. The maximum atomic E-state index is 12.5. The number of benzene rings is 1. The van der Waals surface area contributed by atoms with Crippen LogP contribution in [0.4, 0.5) is 0 Å². The molecule has 29 heavy (non-hydrogen) atoms. The lowest BCUT2D eigenvalue weighted by atomic mass is 10.1. The molecule has 2 heterocycles. The fourth-order valence-electron chi connectivity index (χ4n) is 3.11. The normalized spacial score (nSPS) is 15.3. The highest BCUT2D eigenvalue weighted by Gasteiger charge is 2.26. The number of carbonyl (C=O) groups excluding carboxylic acids is 1. The lowest BCUT2D eigenvalue weighted by Gasteiger charge is -2.33. The second kappa shape index (κ2) is 8.75. The first-order chi connectivity index (χ1) is 13.8. The molecule has 1 amide bonds. The van der Waals surface area contributed by atoms with E-state index in [-0.39, 0.29) is 31.1 Å². The molecular weight excluding hydrogens is 396 g/mol. The molecule has 0 saturated carbocycles. The molecule has 1 aliphatic heterocycles. The summed E-state index contributed by atoms with van der Waals surface area (Å²) in [5.41, 5.74) is 0.969. The molecule has 0 unspecified atom stereocenters. The van der Waals surface area contributed by atoms with Crippen LogP contribution in [-0.4, -0.2) is 72.1 Å². The van der Waals surface area contributed by atoms with E-state index in [1.807, 2.05) is 31.2 Å². The van der Waals surface area contributed by atoms with Gasteiger partial charge in [0, 0.05) is 37.8 Å². The standard InChI is InChI=1S/C19H24N4O5S/c1-3-28-16-6-4-15(5-7-16)17-12-18(24)22(14-20-17)13-19(25)21-8-10-23(11-9-21)29(2,26)27/h4-7,12,14H,3,8-11,13H2,1-2H3. The van der Waals surface area contributed by atoms with Crippen molar-refractivity contribution >= 4 is 15.9 Å². The topological polar surface area (TPSA) is 102 Å². The van der Waals surface area contributed by atoms with E-state index in [9.17, 15) is 18.0 Å². The van der Waals surface area contributed by atoms with Gasteiger partial charge in [0.2, 0.25) is 15.9 Å². The van der Waals surface area contributed by atoms with Crippen LogP contribution >= 0.6 is 0 Å². The number of nitrogens with zero attached hydrogens (tertiary/aromatic N) is 4. The van der Waals surface area contributed by atoms with Crippen LogP contribution in [0.2, 0.25) is 0 Å². The maximum Gasteiger partial charge on any atom is 0.254 e. The van der Waals surface area contributed by atoms with Gasteiger partial charge in [0.25, 0.3) is 5.56 Å². The van der Waals surface area contributed by atoms with Crippen molar-refractivity contribution in [3.63, 3.8) is 0 Å². The first-order valence-corrected chi connectivity index (χ1v) is 11.2. The fraction of sp³-hybridized carbons (Fsp3) is 0.421. The summed E-state index contributed by atoms with van der Waals surface area (Å²) in [5.74, 6) is 0.502. The minimum absolute atomic E-state index is 0.131. The predicted molar refractivity (Wildman–Crippen MR) is 108 cm³/mol. The maximum absolute atomic E-state index is 12.5. The number of sulfonamides is 1. The van der Waals surface area contributed by atoms with Crippen LogP contribution in [0.25, 0.3) is 11.3 Å². The molecule has 9 nitrogen and oxygen atoms in total. The number of aromatic nitrogens is 2. The zero-order valence-corrected chi connectivity index (χ0v) is 17.3. The van der Waals surface area contributed by atoms with Gasteiger partial charge >= 0.3 is 0 Å². The van der Waals surface area contributed by atoms with Gasteiger partial charge in [0.1, 0.15) is 12.3 Å². The van der Waals surface area contributed by atoms with Crippen LogP contribution in [0.1, 0.15) is 6.92 Å². The Morgan fingerprint density at radius 1 is 1.14 bits per heavy atom. The van der Waals surface area contributed by atoms with Gasteiger partial charge in [-0.25, -0.2) is 13.4 Å². The summed E-state index contributed by atoms with van der Waals surface area (Å²) in [4.78, 5) is 30.8. The van der Waals surface area contributed by atoms with Crippen molar-refractivity contribution in [1.82, 2.24) is 18.8 Å². The van der Waals surface area contributed by atoms with Crippen molar-refractivity contribution in [1.29, 1.82) is 0 Å². The third kappa shape index (κ3) is 5.21. The van der Waals surface area contributed by atoms with E-state index >= 15 is 0 Å². The van der Waals surface area contributed by atoms with E-state index in [1.165, 1.54) is 21.3 Å². The average molecular weight is 420 g/mol. The third-order valence-corrected chi connectivity index (χ3v) is 6.01. The van der Waals surface area contributed by atoms with Crippen molar-refractivity contribution in [3.8, 4) is 17.0 Å². The molecule has 0 spiro atoms. The minimum Gasteiger partial charge on any atom is -0.494 e. The molecule has 10 heteroatoms. The van der Waals surface area contributed by atoms with Gasteiger partial charge in [0.05, 0.1) is 24.9 Å². The molecule has 0 bridgehead atoms. The zero-order valence-electron chi connectivity index (χ0n) is 16.4. The van der Waals surface area contributed by atoms with E-state index in [4.69, 9.17) is 4.74 Å². The number of ether oxygens (including phenoxy) is 1. The molecule has 0 radical (unpaired) electrons. The SMILES string of the molecule is CCOc1ccc(-c2cc(=O)n(CC(=O)N3CCN(S(C)(=O)=O)CC3)cn2)cc1. The van der Waals surface area contributed by atoms with Gasteiger partial charge in [-0.05, 0) is 31.2 Å². The van der Waals surface area contributed by atoms with E-state index in [0.717, 1.165) is 17.6 Å². The van der Waals surface area contributed by atoms with E-state index in [0.29, 0.717) is 25.4 Å². The Balaban J connectivity index is 1.65. The van der Waals surface area contributed by atoms with Crippen LogP contribution in [0.3, 0.4) is 0 Å². The van der Waals surface area contributed by atoms with Crippen molar-refractivity contribution in [2.75, 3.05) is 39.0 Å². The molecule has 1 fully saturated rings. The predicted octanol–water partition coefficient (Wildman–Crippen LogP) is 0.413. The second-order valence-corrected chi connectivity index (χ2v) is 8.72. The number of carbonyl (C=O) groups is 1. The van der Waals surface area contributed by atoms with Crippen molar-refractivity contribution in [3.05, 3.63) is 47.0 Å². The Morgan fingerprint density at radius 3 is 2.34 bits per heavy atom. The Labute approximate surface area is 169 Å². The molecule has 0 atom stereocenters. The van der Waals surface area contributed by atoms with Crippen LogP contribution in [0.5, 0.6) is 5.75 Å². The molecule has 1 aromatic heterocycles. The largest absolute Gasteiger partial charge is 0.494 e. The Morgan fingerprint density at radius 2 is 1.79 bits per heavy atom. The molecule has 1 aliphatic rings. The molecule has 0 aliphatic carbocycles. The molecular formula is C19H24N4O5S. The van der Waals surface area contributed by atoms with Gasteiger partial charge in [0.15, 0.2) is 0 Å². The molecule has 156 valence electrons. The molecule has 1 saturated heterocycles. The summed E-state index contributed by atoms with van der Waals surface area (Å²) in [6.45, 7) is 3.47. The molecule has 1 aromatic carbocycles. The second-order valence-electron chi connectivity index (χ2n) is 6.74. The van der Waals surface area contributed by atoms with Crippen LogP contribution in [0.15, 0.2) is 41.5 Å². The molecule has 3 rings (SSSR count). The molecule has 2 aromatic rings. The van der Waals surface area contributed by atoms with Crippen molar-refractivity contribution < 1.29 is 17.9 Å². The quantitative estimate of drug-likeness (QED) is 0.671. The van der Waals surface area contributed by atoms with E-state index in [2.05, 4.69) is 4.98 Å². The number of hydrogen-bond donors (Lipinski definition) is 0. The summed E-state index contributed by atoms with van der Waals surface area (Å²) >= 11 is 0. The number of hydrogen-bond acceptors (Lipinski definition) is 6. The van der Waals surface area contributed by atoms with Crippen LogP contribution < -0.4 is 10.3 Å². The highest BCUT2D eigenvalue weighted by Crippen LogP contribution is 2.19. The zero-order chi connectivity index (χ0) is 21.0. The highest BCUT2D eigenvalue weighted by molar-refractivity contribution is 7.88. The van der Waals surface area contributed by atoms with Gasteiger partial charge in [-0.1, -0.05) is 0 Å². The third-order valence-electron chi connectivity index (χ3n) is 4.71. The van der Waals surface area contributed by atoms with Crippen LogP contribution in [-0.2, 0) is 21.4 Å². The Kier molecular flexibility index (Phi) is 6.33. The number of rotatable bonds is 6. The lowest BCUT2D eigenvalue weighted by Crippen LogP contribution is -2.51. The Hall–Kier alpha value is -2.72. The smallest absolute Gasteiger partial charge is 0.254 e. The fourth-order valence-corrected chi connectivity index (χ4v) is 3.93. The first-order valence-electron chi connectivity index (χ1n) is 9.30. The number of amides is 1. The summed E-state index contributed by atoms with van der Waals surface area (Å²) in [6, 6.07) is 8.66. The van der Waals surface area contributed by atoms with Gasteiger partial charge in [-0.3, -0.25) is 14.2 Å². The van der Waals surface area contributed by atoms with E-state index < -0.39 is 10.0 Å². The first kappa shape index (κ1) is 21.0. The summed E-state index contributed by atoms with van der Waals surface area (Å²) in [5, 5.41) is 0. The summed E-state index contributed by atoms with van der Waals surface area (Å²) < 4.78 is 31.1. The monoisotopic (exact) mass is 420 g/mol. The average Bonchev–Trinajstić information content (AvgIpc) is 2.70. The van der Waals surface area contributed by atoms with Crippen molar-refractivity contribution in [2.24, 2.45) is 0 Å². The van der Waals surface area contributed by atoms with Gasteiger partial charge in [-0.2, -0.15) is 4.31 Å². The lowest BCUT2D eigenvalue weighted by molar-refractivity contribution is -0.133. The summed E-state index contributed by atoms with van der Waals surface area (Å²) in [6.07, 6.45) is 2.51. The molecule has 0 N–H and O–H groups in total. The van der Waals surface area contributed by atoms with Crippen LogP contribution in [0, 0.1) is 0 Å². The van der Waals surface area contributed by atoms with Gasteiger partial charge in [-0.15, -0.1) is 0 Å². The van der Waals surface area contributed by atoms with Gasteiger partial charge < -0.3 is 9.64 Å². The van der Waals surface area contributed by atoms with Crippen molar-refractivity contribution in [2.45, 2.75) is 13.5 Å². The Bertz CT molecular complexity index is 1030. The summed E-state index contributed by atoms with van der Waals surface area (Å²) in [7, 11) is -3.26.